The lowest BCUT2D eigenvalue weighted by atomic mass is 9.94. The summed E-state index contributed by atoms with van der Waals surface area (Å²) in [7, 11) is 0. The van der Waals surface area contributed by atoms with Crippen LogP contribution in [0.15, 0.2) is 18.2 Å². The van der Waals surface area contributed by atoms with Crippen molar-refractivity contribution in [1.82, 2.24) is 5.32 Å². The maximum atomic E-state index is 11.8. The molecule has 3 nitrogen and oxygen atoms in total. The predicted octanol–water partition coefficient (Wildman–Crippen LogP) is 1.73. The van der Waals surface area contributed by atoms with Crippen LogP contribution in [-0.2, 0) is 17.6 Å². The van der Waals surface area contributed by atoms with E-state index in [-0.39, 0.29) is 0 Å². The number of nitrogens with one attached hydrogen (secondary N) is 1. The highest BCUT2D eigenvalue weighted by atomic mass is 16.5. The summed E-state index contributed by atoms with van der Waals surface area (Å²) >= 11 is 0. The SMILES string of the molecule is O=C(CCc1ccc2c(c1)CCO2)CC1CNC1. The van der Waals surface area contributed by atoms with Crippen LogP contribution in [0.5, 0.6) is 5.75 Å². The fourth-order valence-corrected chi connectivity index (χ4v) is 2.60. The number of carbonyl (C=O) groups is 1. The molecule has 3 heteroatoms. The molecule has 0 bridgehead atoms. The molecule has 0 spiro atoms. The van der Waals surface area contributed by atoms with Crippen LogP contribution in [0.1, 0.15) is 24.0 Å². The molecule has 0 aliphatic carbocycles. The highest BCUT2D eigenvalue weighted by molar-refractivity contribution is 5.79. The Bertz CT molecular complexity index is 452. The van der Waals surface area contributed by atoms with Gasteiger partial charge in [0.1, 0.15) is 11.5 Å². The van der Waals surface area contributed by atoms with Gasteiger partial charge in [-0.25, -0.2) is 0 Å². The van der Waals surface area contributed by atoms with Crippen molar-refractivity contribution in [2.45, 2.75) is 25.7 Å². The maximum absolute atomic E-state index is 11.8. The zero-order valence-electron chi connectivity index (χ0n) is 10.6. The molecule has 1 N–H and O–H groups in total. The second kappa shape index (κ2) is 5.11. The summed E-state index contributed by atoms with van der Waals surface area (Å²) in [6, 6.07) is 6.32. The summed E-state index contributed by atoms with van der Waals surface area (Å²) in [5.41, 5.74) is 2.56. The Kier molecular flexibility index (Phi) is 3.33. The van der Waals surface area contributed by atoms with Gasteiger partial charge in [0.15, 0.2) is 0 Å². The van der Waals surface area contributed by atoms with Gasteiger partial charge in [0.25, 0.3) is 0 Å². The van der Waals surface area contributed by atoms with Crippen LogP contribution < -0.4 is 10.1 Å². The highest BCUT2D eigenvalue weighted by Crippen LogP contribution is 2.26. The minimum atomic E-state index is 0.401. The van der Waals surface area contributed by atoms with Crippen LogP contribution in [0.25, 0.3) is 0 Å². The molecule has 0 saturated carbocycles. The summed E-state index contributed by atoms with van der Waals surface area (Å²) in [4.78, 5) is 11.8. The second-order valence-electron chi connectivity index (χ2n) is 5.31. The normalized spacial score (nSPS) is 18.0. The molecule has 2 heterocycles. The van der Waals surface area contributed by atoms with Crippen LogP contribution in [0.4, 0.5) is 0 Å². The quantitative estimate of drug-likeness (QED) is 0.858. The molecule has 0 atom stereocenters. The van der Waals surface area contributed by atoms with Crippen molar-refractivity contribution in [3.8, 4) is 5.75 Å². The fourth-order valence-electron chi connectivity index (χ4n) is 2.60. The first-order valence-corrected chi connectivity index (χ1v) is 6.78. The molecular formula is C15H19NO2. The third-order valence-corrected chi connectivity index (χ3v) is 3.83. The Morgan fingerprint density at radius 1 is 1.39 bits per heavy atom. The van der Waals surface area contributed by atoms with Gasteiger partial charge < -0.3 is 10.1 Å². The smallest absolute Gasteiger partial charge is 0.133 e. The molecule has 0 radical (unpaired) electrons. The Hall–Kier alpha value is -1.35. The molecule has 2 aliphatic rings. The van der Waals surface area contributed by atoms with Crippen molar-refractivity contribution in [2.24, 2.45) is 5.92 Å². The van der Waals surface area contributed by atoms with E-state index in [0.29, 0.717) is 18.1 Å². The Morgan fingerprint density at radius 3 is 3.06 bits per heavy atom. The van der Waals surface area contributed by atoms with E-state index >= 15 is 0 Å². The van der Waals surface area contributed by atoms with E-state index in [4.69, 9.17) is 4.74 Å². The van der Waals surface area contributed by atoms with E-state index in [1.807, 2.05) is 6.07 Å². The van der Waals surface area contributed by atoms with Crippen molar-refractivity contribution < 1.29 is 9.53 Å². The van der Waals surface area contributed by atoms with Gasteiger partial charge in [0.2, 0.25) is 0 Å². The summed E-state index contributed by atoms with van der Waals surface area (Å²) in [5.74, 6) is 2.01. The van der Waals surface area contributed by atoms with Gasteiger partial charge in [-0.05, 0) is 42.6 Å². The molecule has 1 aromatic rings. The molecule has 1 saturated heterocycles. The number of carbonyl (C=O) groups excluding carboxylic acids is 1. The van der Waals surface area contributed by atoms with Crippen LogP contribution in [0, 0.1) is 5.92 Å². The Labute approximate surface area is 108 Å². The van der Waals surface area contributed by atoms with Gasteiger partial charge in [-0.15, -0.1) is 0 Å². The van der Waals surface area contributed by atoms with Crippen LogP contribution in [0.2, 0.25) is 0 Å². The summed E-state index contributed by atoms with van der Waals surface area (Å²) in [5, 5.41) is 3.20. The number of ketones is 1. The van der Waals surface area contributed by atoms with Crippen molar-refractivity contribution >= 4 is 5.78 Å². The summed E-state index contributed by atoms with van der Waals surface area (Å²) in [6.45, 7) is 2.83. The predicted molar refractivity (Wildman–Crippen MR) is 69.9 cm³/mol. The van der Waals surface area contributed by atoms with Crippen LogP contribution in [0.3, 0.4) is 0 Å². The van der Waals surface area contributed by atoms with E-state index < -0.39 is 0 Å². The van der Waals surface area contributed by atoms with Crippen LogP contribution >= 0.6 is 0 Å². The standard InChI is InChI=1S/C15H19NO2/c17-14(8-12-9-16-10-12)3-1-11-2-4-15-13(7-11)5-6-18-15/h2,4,7,12,16H,1,3,5-6,8-10H2. The number of hydrogen-bond acceptors (Lipinski definition) is 3. The van der Waals surface area contributed by atoms with Crippen LogP contribution in [-0.4, -0.2) is 25.5 Å². The molecule has 0 aromatic heterocycles. The molecule has 96 valence electrons. The number of rotatable bonds is 5. The Balaban J connectivity index is 1.51. The number of ether oxygens (including phenoxy) is 1. The number of benzene rings is 1. The van der Waals surface area contributed by atoms with E-state index in [1.165, 1.54) is 11.1 Å². The van der Waals surface area contributed by atoms with Crippen molar-refractivity contribution in [3.63, 3.8) is 0 Å². The number of fused-ring (bicyclic) bond motifs is 1. The van der Waals surface area contributed by atoms with E-state index in [9.17, 15) is 4.79 Å². The molecular weight excluding hydrogens is 226 g/mol. The molecule has 18 heavy (non-hydrogen) atoms. The topological polar surface area (TPSA) is 38.3 Å². The lowest BCUT2D eigenvalue weighted by molar-refractivity contribution is -0.120. The molecule has 2 aliphatic heterocycles. The number of Topliss-reactive ketones (excluding diaryl/α,β-unsaturated/α-hetero) is 1. The van der Waals surface area contributed by atoms with Gasteiger partial charge in [-0.3, -0.25) is 4.79 Å². The molecule has 1 fully saturated rings. The molecule has 0 unspecified atom stereocenters. The highest BCUT2D eigenvalue weighted by Gasteiger charge is 2.20. The van der Waals surface area contributed by atoms with Gasteiger partial charge in [0, 0.05) is 19.3 Å². The largest absolute Gasteiger partial charge is 0.493 e. The molecule has 3 rings (SSSR count). The van der Waals surface area contributed by atoms with E-state index in [2.05, 4.69) is 17.4 Å². The Morgan fingerprint density at radius 2 is 2.28 bits per heavy atom. The van der Waals surface area contributed by atoms with E-state index in [0.717, 1.165) is 44.7 Å². The van der Waals surface area contributed by atoms with Gasteiger partial charge in [-0.2, -0.15) is 0 Å². The lowest BCUT2D eigenvalue weighted by Gasteiger charge is -2.26. The minimum absolute atomic E-state index is 0.401. The first-order chi connectivity index (χ1) is 8.81. The third kappa shape index (κ3) is 2.56. The average molecular weight is 245 g/mol. The minimum Gasteiger partial charge on any atom is -0.493 e. The van der Waals surface area contributed by atoms with Gasteiger partial charge in [-0.1, -0.05) is 12.1 Å². The van der Waals surface area contributed by atoms with Crippen molar-refractivity contribution in [1.29, 1.82) is 0 Å². The second-order valence-corrected chi connectivity index (χ2v) is 5.31. The maximum Gasteiger partial charge on any atom is 0.133 e. The zero-order valence-corrected chi connectivity index (χ0v) is 10.6. The fraction of sp³-hybridized carbons (Fsp3) is 0.533. The third-order valence-electron chi connectivity index (χ3n) is 3.83. The zero-order chi connectivity index (χ0) is 12.4. The number of hydrogen-bond donors (Lipinski definition) is 1. The van der Waals surface area contributed by atoms with E-state index in [1.54, 1.807) is 0 Å². The summed E-state index contributed by atoms with van der Waals surface area (Å²) < 4.78 is 5.48. The first kappa shape index (κ1) is 11.7. The first-order valence-electron chi connectivity index (χ1n) is 6.78. The number of aryl methyl sites for hydroxylation is 1. The van der Waals surface area contributed by atoms with Gasteiger partial charge >= 0.3 is 0 Å². The average Bonchev–Trinajstić information content (AvgIpc) is 2.78. The summed E-state index contributed by atoms with van der Waals surface area (Å²) in [6.07, 6.45) is 3.30. The van der Waals surface area contributed by atoms with Gasteiger partial charge in [0.05, 0.1) is 6.61 Å². The van der Waals surface area contributed by atoms with Crippen molar-refractivity contribution in [2.75, 3.05) is 19.7 Å². The monoisotopic (exact) mass is 245 g/mol. The molecule has 1 aromatic carbocycles. The lowest BCUT2D eigenvalue weighted by Crippen LogP contribution is -2.42. The molecule has 0 amide bonds. The van der Waals surface area contributed by atoms with Crippen molar-refractivity contribution in [3.05, 3.63) is 29.3 Å².